The van der Waals surface area contributed by atoms with E-state index in [9.17, 15) is 8.42 Å². The fourth-order valence-electron chi connectivity index (χ4n) is 2.19. The van der Waals surface area contributed by atoms with E-state index in [0.717, 1.165) is 16.9 Å². The third-order valence-corrected chi connectivity index (χ3v) is 4.35. The second-order valence-electron chi connectivity index (χ2n) is 7.42. The van der Waals surface area contributed by atoms with Crippen LogP contribution in [0.3, 0.4) is 0 Å². The highest BCUT2D eigenvalue weighted by atomic mass is 32.2. The summed E-state index contributed by atoms with van der Waals surface area (Å²) >= 11 is 0. The molecular formula is C19H33N3O4S. The maximum atomic E-state index is 11.0. The number of hydrogen-bond acceptors (Lipinski definition) is 5. The summed E-state index contributed by atoms with van der Waals surface area (Å²) in [6, 6.07) is 6.14. The van der Waals surface area contributed by atoms with Gasteiger partial charge in [-0.25, -0.2) is 8.42 Å². The minimum absolute atomic E-state index is 0.0317. The normalized spacial score (nSPS) is 12.7. The molecule has 2 N–H and O–H groups in total. The molecule has 0 aliphatic heterocycles. The van der Waals surface area contributed by atoms with Crippen molar-refractivity contribution in [3.05, 3.63) is 29.3 Å². The smallest absolute Gasteiger partial charge is 0.191 e. The summed E-state index contributed by atoms with van der Waals surface area (Å²) in [7, 11) is -1.29. The number of aryl methyl sites for hydroxylation is 1. The zero-order chi connectivity index (χ0) is 20.5. The zero-order valence-electron chi connectivity index (χ0n) is 17.3. The molecule has 0 unspecified atom stereocenters. The summed E-state index contributed by atoms with van der Waals surface area (Å²) in [5.74, 6) is 1.53. The van der Waals surface area contributed by atoms with E-state index in [2.05, 4.69) is 21.7 Å². The highest BCUT2D eigenvalue weighted by molar-refractivity contribution is 7.90. The largest absolute Gasteiger partial charge is 0.488 e. The number of nitrogens with zero attached hydrogens (tertiary/aromatic N) is 1. The first kappa shape index (κ1) is 23.2. The van der Waals surface area contributed by atoms with Crippen LogP contribution in [0.15, 0.2) is 23.2 Å². The predicted octanol–water partition coefficient (Wildman–Crippen LogP) is 1.90. The molecule has 0 aromatic heterocycles. The molecule has 7 nitrogen and oxygen atoms in total. The minimum Gasteiger partial charge on any atom is -0.488 e. The average Bonchev–Trinajstić information content (AvgIpc) is 2.52. The van der Waals surface area contributed by atoms with Gasteiger partial charge in [0.1, 0.15) is 21.2 Å². The van der Waals surface area contributed by atoms with Crippen molar-refractivity contribution < 1.29 is 17.9 Å². The molecule has 0 saturated heterocycles. The summed E-state index contributed by atoms with van der Waals surface area (Å²) in [5, 5.41) is 6.39. The molecule has 0 atom stereocenters. The highest BCUT2D eigenvalue weighted by Gasteiger charge is 2.15. The number of sulfone groups is 1. The fourth-order valence-corrected chi connectivity index (χ4v) is 2.61. The van der Waals surface area contributed by atoms with Crippen molar-refractivity contribution in [1.29, 1.82) is 0 Å². The molecule has 0 radical (unpaired) electrons. The van der Waals surface area contributed by atoms with Gasteiger partial charge in [0.25, 0.3) is 0 Å². The zero-order valence-corrected chi connectivity index (χ0v) is 18.1. The molecular weight excluding hydrogens is 366 g/mol. The van der Waals surface area contributed by atoms with Crippen molar-refractivity contribution in [2.45, 2.75) is 39.8 Å². The molecule has 1 rings (SSSR count). The van der Waals surface area contributed by atoms with Crippen LogP contribution in [0, 0.1) is 6.92 Å². The summed E-state index contributed by atoms with van der Waals surface area (Å²) in [4.78, 5) is 4.18. The Morgan fingerprint density at radius 1 is 1.19 bits per heavy atom. The van der Waals surface area contributed by atoms with Crippen molar-refractivity contribution in [1.82, 2.24) is 10.6 Å². The summed E-state index contributed by atoms with van der Waals surface area (Å²) in [6.45, 7) is 9.81. The number of hydrogen-bond donors (Lipinski definition) is 2. The number of nitrogens with one attached hydrogen (secondary N) is 2. The molecule has 27 heavy (non-hydrogen) atoms. The molecule has 0 heterocycles. The summed E-state index contributed by atoms with van der Waals surface area (Å²) < 4.78 is 33.5. The molecule has 0 bridgehead atoms. The number of rotatable bonds is 9. The second-order valence-corrected chi connectivity index (χ2v) is 9.68. The molecule has 1 aromatic rings. The highest BCUT2D eigenvalue weighted by Crippen LogP contribution is 2.24. The first-order valence-electron chi connectivity index (χ1n) is 8.99. The number of benzene rings is 1. The second kappa shape index (κ2) is 10.5. The van der Waals surface area contributed by atoms with Crippen LogP contribution in [0.4, 0.5) is 0 Å². The van der Waals surface area contributed by atoms with E-state index < -0.39 is 9.84 Å². The van der Waals surface area contributed by atoms with Gasteiger partial charge in [-0.2, -0.15) is 0 Å². The average molecular weight is 400 g/mol. The van der Waals surface area contributed by atoms with Crippen molar-refractivity contribution in [2.24, 2.45) is 4.99 Å². The van der Waals surface area contributed by atoms with Gasteiger partial charge >= 0.3 is 0 Å². The van der Waals surface area contributed by atoms with Gasteiger partial charge in [-0.05, 0) is 39.3 Å². The first-order valence-corrected chi connectivity index (χ1v) is 11.0. The van der Waals surface area contributed by atoms with Crippen LogP contribution in [-0.4, -0.2) is 58.8 Å². The van der Waals surface area contributed by atoms with Crippen LogP contribution in [-0.2, 0) is 21.1 Å². The van der Waals surface area contributed by atoms with E-state index in [1.54, 1.807) is 7.05 Å². The third-order valence-electron chi connectivity index (χ3n) is 3.45. The van der Waals surface area contributed by atoms with Crippen molar-refractivity contribution in [3.63, 3.8) is 0 Å². The Bertz CT molecular complexity index is 725. The SMILES string of the molecule is CN=C(NCCOCCS(C)(=O)=O)NCc1ccc(C)cc1OC(C)(C)C. The topological polar surface area (TPSA) is 89.0 Å². The number of ether oxygens (including phenoxy) is 2. The monoisotopic (exact) mass is 399 g/mol. The van der Waals surface area contributed by atoms with Gasteiger partial charge in [-0.15, -0.1) is 0 Å². The van der Waals surface area contributed by atoms with E-state index in [0.29, 0.717) is 25.7 Å². The van der Waals surface area contributed by atoms with Crippen molar-refractivity contribution in [2.75, 3.05) is 38.8 Å². The van der Waals surface area contributed by atoms with E-state index in [1.807, 2.05) is 39.8 Å². The van der Waals surface area contributed by atoms with Gasteiger partial charge in [-0.3, -0.25) is 4.99 Å². The van der Waals surface area contributed by atoms with Crippen molar-refractivity contribution >= 4 is 15.8 Å². The van der Waals surface area contributed by atoms with Crippen LogP contribution in [0.5, 0.6) is 5.75 Å². The molecule has 0 aliphatic carbocycles. The molecule has 154 valence electrons. The summed E-state index contributed by atoms with van der Waals surface area (Å²) in [5.41, 5.74) is 1.92. The molecule has 0 saturated carbocycles. The van der Waals surface area contributed by atoms with Gasteiger partial charge in [0, 0.05) is 32.0 Å². The molecule has 0 spiro atoms. The standard InChI is InChI=1S/C19H33N3O4S/c1-15-7-8-16(17(13-15)26-19(2,3)4)14-22-18(20-5)21-9-10-25-11-12-27(6,23)24/h7-8,13H,9-12,14H2,1-6H3,(H2,20,21,22). The lowest BCUT2D eigenvalue weighted by atomic mass is 10.1. The third kappa shape index (κ3) is 10.8. The Labute approximate surface area is 163 Å². The Morgan fingerprint density at radius 3 is 2.48 bits per heavy atom. The molecule has 1 aromatic carbocycles. The Hall–Kier alpha value is -1.80. The summed E-state index contributed by atoms with van der Waals surface area (Å²) in [6.07, 6.45) is 1.20. The van der Waals surface area contributed by atoms with Gasteiger partial charge in [-0.1, -0.05) is 12.1 Å². The van der Waals surface area contributed by atoms with Crippen molar-refractivity contribution in [3.8, 4) is 5.75 Å². The van der Waals surface area contributed by atoms with E-state index in [1.165, 1.54) is 6.26 Å². The lowest BCUT2D eigenvalue weighted by Crippen LogP contribution is -2.38. The lowest BCUT2D eigenvalue weighted by Gasteiger charge is -2.24. The van der Waals surface area contributed by atoms with Gasteiger partial charge in [0.05, 0.1) is 19.0 Å². The van der Waals surface area contributed by atoms with Gasteiger partial charge in [0.15, 0.2) is 5.96 Å². The predicted molar refractivity (Wildman–Crippen MR) is 110 cm³/mol. The van der Waals surface area contributed by atoms with Crippen LogP contribution < -0.4 is 15.4 Å². The van der Waals surface area contributed by atoms with Crippen LogP contribution >= 0.6 is 0 Å². The molecule has 8 heteroatoms. The molecule has 0 fully saturated rings. The molecule has 0 amide bonds. The Morgan fingerprint density at radius 2 is 1.89 bits per heavy atom. The lowest BCUT2D eigenvalue weighted by molar-refractivity contribution is 0.129. The fraction of sp³-hybridized carbons (Fsp3) is 0.632. The molecule has 0 aliphatic rings. The maximum Gasteiger partial charge on any atom is 0.191 e. The first-order chi connectivity index (χ1) is 12.5. The van der Waals surface area contributed by atoms with Gasteiger partial charge in [0.2, 0.25) is 0 Å². The van der Waals surface area contributed by atoms with E-state index >= 15 is 0 Å². The van der Waals surface area contributed by atoms with Crippen LogP contribution in [0.2, 0.25) is 0 Å². The van der Waals surface area contributed by atoms with Gasteiger partial charge < -0.3 is 20.1 Å². The van der Waals surface area contributed by atoms with E-state index in [4.69, 9.17) is 9.47 Å². The number of guanidine groups is 1. The van der Waals surface area contributed by atoms with Crippen LogP contribution in [0.1, 0.15) is 31.9 Å². The van der Waals surface area contributed by atoms with E-state index in [-0.39, 0.29) is 18.0 Å². The Kier molecular flexibility index (Phi) is 9.05. The number of aliphatic imine (C=N–C) groups is 1. The van der Waals surface area contributed by atoms with Crippen LogP contribution in [0.25, 0.3) is 0 Å². The quantitative estimate of drug-likeness (QED) is 0.375. The maximum absolute atomic E-state index is 11.0. The Balaban J connectivity index is 2.49. The minimum atomic E-state index is -2.99.